The lowest BCUT2D eigenvalue weighted by Gasteiger charge is -2.31. The summed E-state index contributed by atoms with van der Waals surface area (Å²) in [7, 11) is 0. The Labute approximate surface area is 94.6 Å². The number of fused-ring (bicyclic) bond motifs is 1. The maximum Gasteiger partial charge on any atom is 0.253 e. The SMILES string of the molecule is O=C1N[C](N2CCNCC2)c2ccccc21. The maximum atomic E-state index is 11.7. The van der Waals surface area contributed by atoms with Crippen molar-refractivity contribution in [3.05, 3.63) is 41.6 Å². The van der Waals surface area contributed by atoms with Crippen LogP contribution in [0.3, 0.4) is 0 Å². The summed E-state index contributed by atoms with van der Waals surface area (Å²) in [4.78, 5) is 14.0. The standard InChI is InChI=1S/C12H14N3O/c16-12-10-4-2-1-3-9(10)11(14-12)15-7-5-13-6-8-15/h1-4,13H,5-8H2,(H,14,16). The molecule has 2 aliphatic heterocycles. The predicted octanol–water partition coefficient (Wildman–Crippen LogP) is 0.173. The summed E-state index contributed by atoms with van der Waals surface area (Å²) in [5.74, 6) is 0.0177. The Morgan fingerprint density at radius 1 is 1.06 bits per heavy atom. The van der Waals surface area contributed by atoms with Gasteiger partial charge in [0.15, 0.2) is 6.17 Å². The van der Waals surface area contributed by atoms with Gasteiger partial charge in [-0.05, 0) is 6.07 Å². The number of benzene rings is 1. The number of carbonyl (C=O) groups excluding carboxylic acids is 1. The summed E-state index contributed by atoms with van der Waals surface area (Å²) in [5.41, 5.74) is 1.82. The summed E-state index contributed by atoms with van der Waals surface area (Å²) in [6, 6.07) is 7.75. The molecule has 1 fully saturated rings. The number of carbonyl (C=O) groups is 1. The van der Waals surface area contributed by atoms with E-state index in [1.54, 1.807) is 0 Å². The van der Waals surface area contributed by atoms with Crippen LogP contribution in [-0.2, 0) is 0 Å². The highest BCUT2D eigenvalue weighted by Gasteiger charge is 2.33. The van der Waals surface area contributed by atoms with Gasteiger partial charge in [-0.15, -0.1) is 0 Å². The second kappa shape index (κ2) is 3.88. The van der Waals surface area contributed by atoms with Crippen LogP contribution in [0.25, 0.3) is 0 Å². The lowest BCUT2D eigenvalue weighted by molar-refractivity contribution is 0.0951. The second-order valence-corrected chi connectivity index (χ2v) is 4.09. The van der Waals surface area contributed by atoms with E-state index in [0.717, 1.165) is 43.5 Å². The number of hydrogen-bond acceptors (Lipinski definition) is 3. The summed E-state index contributed by atoms with van der Waals surface area (Å²) in [5, 5.41) is 6.27. The molecular formula is C12H14N3O. The number of piperazine rings is 1. The number of hydrogen-bond donors (Lipinski definition) is 2. The molecule has 0 saturated carbocycles. The second-order valence-electron chi connectivity index (χ2n) is 4.09. The molecule has 16 heavy (non-hydrogen) atoms. The van der Waals surface area contributed by atoms with Crippen LogP contribution in [-0.4, -0.2) is 37.0 Å². The number of amides is 1. The first kappa shape index (κ1) is 9.81. The van der Waals surface area contributed by atoms with Gasteiger partial charge in [0.25, 0.3) is 5.91 Å². The van der Waals surface area contributed by atoms with Crippen LogP contribution >= 0.6 is 0 Å². The monoisotopic (exact) mass is 216 g/mol. The van der Waals surface area contributed by atoms with E-state index in [-0.39, 0.29) is 5.91 Å². The van der Waals surface area contributed by atoms with Crippen molar-refractivity contribution in [2.45, 2.75) is 0 Å². The van der Waals surface area contributed by atoms with Crippen molar-refractivity contribution < 1.29 is 4.79 Å². The summed E-state index contributed by atoms with van der Waals surface area (Å²) in [6.45, 7) is 3.84. The van der Waals surface area contributed by atoms with Gasteiger partial charge < -0.3 is 10.6 Å². The first-order valence-electron chi connectivity index (χ1n) is 5.59. The topological polar surface area (TPSA) is 44.4 Å². The van der Waals surface area contributed by atoms with Crippen LogP contribution < -0.4 is 10.6 Å². The van der Waals surface area contributed by atoms with Crippen molar-refractivity contribution in [3.63, 3.8) is 0 Å². The van der Waals surface area contributed by atoms with Crippen LogP contribution in [0.2, 0.25) is 0 Å². The third kappa shape index (κ3) is 1.50. The molecule has 2 aliphatic rings. The van der Waals surface area contributed by atoms with Crippen molar-refractivity contribution >= 4 is 5.91 Å². The minimum atomic E-state index is 0.0177. The molecular weight excluding hydrogens is 202 g/mol. The van der Waals surface area contributed by atoms with Gasteiger partial charge in [0, 0.05) is 37.3 Å². The largest absolute Gasteiger partial charge is 0.326 e. The van der Waals surface area contributed by atoms with Crippen molar-refractivity contribution in [2.75, 3.05) is 26.2 Å². The zero-order valence-electron chi connectivity index (χ0n) is 8.99. The van der Waals surface area contributed by atoms with Crippen LogP contribution in [0.4, 0.5) is 0 Å². The van der Waals surface area contributed by atoms with Gasteiger partial charge in [0.05, 0.1) is 0 Å². The van der Waals surface area contributed by atoms with E-state index in [2.05, 4.69) is 15.5 Å². The van der Waals surface area contributed by atoms with Gasteiger partial charge in [-0.3, -0.25) is 9.69 Å². The Bertz CT molecular complexity index is 412. The Hall–Kier alpha value is -1.39. The van der Waals surface area contributed by atoms with Gasteiger partial charge >= 0.3 is 0 Å². The molecule has 1 aromatic carbocycles. The van der Waals surface area contributed by atoms with Gasteiger partial charge in [-0.1, -0.05) is 18.2 Å². The van der Waals surface area contributed by atoms with Crippen molar-refractivity contribution in [1.29, 1.82) is 0 Å². The highest BCUT2D eigenvalue weighted by molar-refractivity contribution is 6.01. The highest BCUT2D eigenvalue weighted by Crippen LogP contribution is 2.26. The van der Waals surface area contributed by atoms with Crippen LogP contribution in [0.15, 0.2) is 24.3 Å². The van der Waals surface area contributed by atoms with Crippen molar-refractivity contribution in [2.24, 2.45) is 0 Å². The number of nitrogens with zero attached hydrogens (tertiary/aromatic N) is 1. The lowest BCUT2D eigenvalue weighted by Crippen LogP contribution is -2.48. The minimum Gasteiger partial charge on any atom is -0.326 e. The summed E-state index contributed by atoms with van der Waals surface area (Å²) >= 11 is 0. The smallest absolute Gasteiger partial charge is 0.253 e. The Morgan fingerprint density at radius 3 is 2.50 bits per heavy atom. The first-order valence-corrected chi connectivity index (χ1v) is 5.59. The zero-order chi connectivity index (χ0) is 11.0. The molecule has 1 aromatic rings. The summed E-state index contributed by atoms with van der Waals surface area (Å²) in [6.07, 6.45) is 0.974. The molecule has 0 spiro atoms. The highest BCUT2D eigenvalue weighted by atomic mass is 16.2. The lowest BCUT2D eigenvalue weighted by atomic mass is 10.1. The third-order valence-corrected chi connectivity index (χ3v) is 3.09. The third-order valence-electron chi connectivity index (χ3n) is 3.09. The van der Waals surface area contributed by atoms with Crippen LogP contribution in [0.1, 0.15) is 15.9 Å². The van der Waals surface area contributed by atoms with E-state index in [1.807, 2.05) is 24.3 Å². The molecule has 0 aliphatic carbocycles. The molecule has 1 amide bonds. The van der Waals surface area contributed by atoms with Gasteiger partial charge in [-0.25, -0.2) is 0 Å². The summed E-state index contributed by atoms with van der Waals surface area (Å²) < 4.78 is 0. The number of rotatable bonds is 1. The van der Waals surface area contributed by atoms with Gasteiger partial charge in [0.2, 0.25) is 0 Å². The Balaban J connectivity index is 1.90. The van der Waals surface area contributed by atoms with E-state index in [0.29, 0.717) is 0 Å². The van der Waals surface area contributed by atoms with E-state index in [4.69, 9.17) is 0 Å². The van der Waals surface area contributed by atoms with Crippen molar-refractivity contribution in [3.8, 4) is 0 Å². The number of nitrogens with one attached hydrogen (secondary N) is 2. The molecule has 0 atom stereocenters. The molecule has 0 aromatic heterocycles. The average molecular weight is 216 g/mol. The van der Waals surface area contributed by atoms with Gasteiger partial charge in [0.1, 0.15) is 0 Å². The average Bonchev–Trinajstić information content (AvgIpc) is 2.69. The van der Waals surface area contributed by atoms with E-state index in [1.165, 1.54) is 0 Å². The zero-order valence-corrected chi connectivity index (χ0v) is 8.99. The quantitative estimate of drug-likeness (QED) is 0.703. The molecule has 2 heterocycles. The molecule has 1 radical (unpaired) electrons. The van der Waals surface area contributed by atoms with E-state index >= 15 is 0 Å². The van der Waals surface area contributed by atoms with E-state index in [9.17, 15) is 4.79 Å². The Morgan fingerprint density at radius 2 is 1.75 bits per heavy atom. The molecule has 4 heteroatoms. The molecule has 3 rings (SSSR count). The van der Waals surface area contributed by atoms with Crippen LogP contribution in [0.5, 0.6) is 0 Å². The predicted molar refractivity (Wildman–Crippen MR) is 60.7 cm³/mol. The van der Waals surface area contributed by atoms with Gasteiger partial charge in [-0.2, -0.15) is 0 Å². The minimum absolute atomic E-state index is 0.0177. The molecule has 1 saturated heterocycles. The fourth-order valence-electron chi connectivity index (χ4n) is 2.27. The normalized spacial score (nSPS) is 21.9. The Kier molecular flexibility index (Phi) is 2.38. The molecule has 83 valence electrons. The van der Waals surface area contributed by atoms with Crippen LogP contribution in [0, 0.1) is 6.17 Å². The molecule has 2 N–H and O–H groups in total. The molecule has 0 unspecified atom stereocenters. The fraction of sp³-hybridized carbons (Fsp3) is 0.333. The van der Waals surface area contributed by atoms with E-state index < -0.39 is 0 Å². The molecule has 0 bridgehead atoms. The first-order chi connectivity index (χ1) is 7.86. The fourth-order valence-corrected chi connectivity index (χ4v) is 2.27. The molecule has 4 nitrogen and oxygen atoms in total. The van der Waals surface area contributed by atoms with Crippen molar-refractivity contribution in [1.82, 2.24) is 15.5 Å². The maximum absolute atomic E-state index is 11.7.